The summed E-state index contributed by atoms with van der Waals surface area (Å²) in [6, 6.07) is 3.61. The molecule has 22 heavy (non-hydrogen) atoms. The van der Waals surface area contributed by atoms with Crippen molar-refractivity contribution >= 4 is 11.6 Å². The van der Waals surface area contributed by atoms with Gasteiger partial charge in [-0.2, -0.15) is 13.2 Å². The summed E-state index contributed by atoms with van der Waals surface area (Å²) in [5.41, 5.74) is 1.70. The van der Waals surface area contributed by atoms with E-state index in [1.807, 2.05) is 13.0 Å². The van der Waals surface area contributed by atoms with Crippen molar-refractivity contribution in [2.45, 2.75) is 19.2 Å². The maximum Gasteiger partial charge on any atom is 0.416 e. The minimum absolute atomic E-state index is 0.123. The second-order valence-corrected chi connectivity index (χ2v) is 5.25. The molecule has 1 aliphatic heterocycles. The van der Waals surface area contributed by atoms with Gasteiger partial charge in [0.2, 0.25) is 0 Å². The lowest BCUT2D eigenvalue weighted by molar-refractivity contribution is -0.233. The van der Waals surface area contributed by atoms with Crippen LogP contribution in [0.1, 0.15) is 16.1 Å². The molecule has 3 heterocycles. The predicted octanol–water partition coefficient (Wildman–Crippen LogP) is 2.05. The Morgan fingerprint density at radius 3 is 2.86 bits per heavy atom. The van der Waals surface area contributed by atoms with E-state index < -0.39 is 24.7 Å². The molecule has 0 radical (unpaired) electrons. The van der Waals surface area contributed by atoms with Gasteiger partial charge in [0.25, 0.3) is 5.91 Å². The van der Waals surface area contributed by atoms with Crippen LogP contribution in [0, 0.1) is 6.92 Å². The molecule has 1 amide bonds. The second-order valence-electron chi connectivity index (χ2n) is 5.25. The molecule has 2 aromatic rings. The molecule has 1 atom stereocenters. The summed E-state index contributed by atoms with van der Waals surface area (Å²) >= 11 is 0. The first-order chi connectivity index (χ1) is 10.3. The lowest BCUT2D eigenvalue weighted by Crippen LogP contribution is -2.51. The van der Waals surface area contributed by atoms with Crippen molar-refractivity contribution in [1.29, 1.82) is 0 Å². The molecule has 2 aromatic heterocycles. The van der Waals surface area contributed by atoms with Crippen LogP contribution in [-0.4, -0.2) is 52.2 Å². The number of amides is 1. The summed E-state index contributed by atoms with van der Waals surface area (Å²) in [7, 11) is 0. The number of imidazole rings is 1. The number of hydrogen-bond donors (Lipinski definition) is 0. The molecule has 5 nitrogen and oxygen atoms in total. The highest BCUT2D eigenvalue weighted by molar-refractivity contribution is 5.93. The Kier molecular flexibility index (Phi) is 3.56. The van der Waals surface area contributed by atoms with Crippen LogP contribution in [0.15, 0.2) is 24.5 Å². The fourth-order valence-corrected chi connectivity index (χ4v) is 2.40. The van der Waals surface area contributed by atoms with Gasteiger partial charge in [-0.3, -0.25) is 4.79 Å². The van der Waals surface area contributed by atoms with Crippen LogP contribution in [0.25, 0.3) is 5.65 Å². The molecule has 1 aliphatic rings. The predicted molar refractivity (Wildman–Crippen MR) is 71.6 cm³/mol. The molecule has 0 unspecified atom stereocenters. The number of morpholine rings is 1. The SMILES string of the molecule is Cc1ccc2nc(C(=O)N3CCO[C@@H](C(F)(F)F)C3)cn2c1. The number of carbonyl (C=O) groups excluding carboxylic acids is 1. The van der Waals surface area contributed by atoms with Crippen LogP contribution in [0.3, 0.4) is 0 Å². The fraction of sp³-hybridized carbons (Fsp3) is 0.429. The lowest BCUT2D eigenvalue weighted by atomic mass is 10.2. The van der Waals surface area contributed by atoms with Gasteiger partial charge in [-0.1, -0.05) is 6.07 Å². The van der Waals surface area contributed by atoms with Crippen LogP contribution in [0.4, 0.5) is 13.2 Å². The Bertz CT molecular complexity index is 711. The first-order valence-corrected chi connectivity index (χ1v) is 6.77. The quantitative estimate of drug-likeness (QED) is 0.809. The molecule has 0 N–H and O–H groups in total. The molecule has 0 aromatic carbocycles. The van der Waals surface area contributed by atoms with E-state index in [-0.39, 0.29) is 18.8 Å². The van der Waals surface area contributed by atoms with Gasteiger partial charge in [0.15, 0.2) is 6.10 Å². The third-order valence-corrected chi connectivity index (χ3v) is 3.54. The van der Waals surface area contributed by atoms with E-state index in [1.54, 1.807) is 16.7 Å². The lowest BCUT2D eigenvalue weighted by Gasteiger charge is -2.33. The second kappa shape index (κ2) is 5.28. The van der Waals surface area contributed by atoms with E-state index in [0.717, 1.165) is 10.5 Å². The first-order valence-electron chi connectivity index (χ1n) is 6.77. The van der Waals surface area contributed by atoms with Crippen molar-refractivity contribution in [3.8, 4) is 0 Å². The maximum atomic E-state index is 12.7. The monoisotopic (exact) mass is 313 g/mol. The summed E-state index contributed by atoms with van der Waals surface area (Å²) in [4.78, 5) is 17.7. The van der Waals surface area contributed by atoms with Crippen molar-refractivity contribution in [3.63, 3.8) is 0 Å². The standard InChI is InChI=1S/C14H14F3N3O2/c1-9-2-3-12-18-10(7-20(12)6-9)13(21)19-4-5-22-11(8-19)14(15,16)17/h2-3,6-7,11H,4-5,8H2,1H3/t11-/m1/s1. The Morgan fingerprint density at radius 1 is 1.36 bits per heavy atom. The van der Waals surface area contributed by atoms with Gasteiger partial charge in [0.1, 0.15) is 11.3 Å². The van der Waals surface area contributed by atoms with Gasteiger partial charge in [-0.15, -0.1) is 0 Å². The van der Waals surface area contributed by atoms with Crippen molar-refractivity contribution in [2.24, 2.45) is 0 Å². The van der Waals surface area contributed by atoms with Gasteiger partial charge in [-0.05, 0) is 18.6 Å². The number of alkyl halides is 3. The topological polar surface area (TPSA) is 46.8 Å². The van der Waals surface area contributed by atoms with E-state index in [9.17, 15) is 18.0 Å². The fourth-order valence-electron chi connectivity index (χ4n) is 2.40. The summed E-state index contributed by atoms with van der Waals surface area (Å²) in [6.07, 6.45) is -3.08. The molecule has 3 rings (SSSR count). The van der Waals surface area contributed by atoms with Gasteiger partial charge in [-0.25, -0.2) is 4.98 Å². The Labute approximate surface area is 124 Å². The first kappa shape index (κ1) is 14.8. The highest BCUT2D eigenvalue weighted by atomic mass is 19.4. The van der Waals surface area contributed by atoms with Gasteiger partial charge >= 0.3 is 6.18 Å². The Hall–Kier alpha value is -2.09. The number of halogens is 3. The summed E-state index contributed by atoms with van der Waals surface area (Å²) in [6.45, 7) is 1.38. The Morgan fingerprint density at radius 2 is 2.14 bits per heavy atom. The number of carbonyl (C=O) groups is 1. The van der Waals surface area contributed by atoms with Gasteiger partial charge in [0, 0.05) is 18.9 Å². The van der Waals surface area contributed by atoms with Crippen molar-refractivity contribution in [3.05, 3.63) is 35.8 Å². The van der Waals surface area contributed by atoms with E-state index in [1.165, 1.54) is 6.20 Å². The van der Waals surface area contributed by atoms with E-state index in [4.69, 9.17) is 0 Å². The largest absolute Gasteiger partial charge is 0.416 e. The van der Waals surface area contributed by atoms with Crippen molar-refractivity contribution in [2.75, 3.05) is 19.7 Å². The molecular formula is C14H14F3N3O2. The number of aryl methyl sites for hydroxylation is 1. The number of ether oxygens (including phenoxy) is 1. The smallest absolute Gasteiger partial charge is 0.365 e. The molecule has 0 saturated carbocycles. The minimum Gasteiger partial charge on any atom is -0.365 e. The number of pyridine rings is 1. The average molecular weight is 313 g/mol. The summed E-state index contributed by atoms with van der Waals surface area (Å²) in [5.74, 6) is -0.515. The molecule has 0 spiro atoms. The summed E-state index contributed by atoms with van der Waals surface area (Å²) < 4.78 is 44.5. The molecular weight excluding hydrogens is 299 g/mol. The van der Waals surface area contributed by atoms with E-state index >= 15 is 0 Å². The zero-order valence-corrected chi connectivity index (χ0v) is 11.8. The molecule has 1 saturated heterocycles. The average Bonchev–Trinajstić information content (AvgIpc) is 2.88. The van der Waals surface area contributed by atoms with Crippen molar-refractivity contribution < 1.29 is 22.7 Å². The zero-order chi connectivity index (χ0) is 15.9. The van der Waals surface area contributed by atoms with Crippen LogP contribution < -0.4 is 0 Å². The Balaban J connectivity index is 1.82. The van der Waals surface area contributed by atoms with Crippen LogP contribution in [0.2, 0.25) is 0 Å². The van der Waals surface area contributed by atoms with E-state index in [0.29, 0.717) is 5.65 Å². The number of rotatable bonds is 1. The van der Waals surface area contributed by atoms with Crippen LogP contribution in [0.5, 0.6) is 0 Å². The number of hydrogen-bond acceptors (Lipinski definition) is 3. The number of fused-ring (bicyclic) bond motifs is 1. The maximum absolute atomic E-state index is 12.7. The normalized spacial score (nSPS) is 19.6. The van der Waals surface area contributed by atoms with Crippen LogP contribution in [-0.2, 0) is 4.74 Å². The molecule has 0 aliphatic carbocycles. The third kappa shape index (κ3) is 2.78. The third-order valence-electron chi connectivity index (χ3n) is 3.54. The molecule has 8 heteroatoms. The number of aromatic nitrogens is 2. The highest BCUT2D eigenvalue weighted by Gasteiger charge is 2.44. The molecule has 0 bridgehead atoms. The van der Waals surface area contributed by atoms with Crippen molar-refractivity contribution in [1.82, 2.24) is 14.3 Å². The summed E-state index contributed by atoms with van der Waals surface area (Å²) in [5, 5.41) is 0. The molecule has 118 valence electrons. The van der Waals surface area contributed by atoms with E-state index in [2.05, 4.69) is 9.72 Å². The van der Waals surface area contributed by atoms with Gasteiger partial charge in [0.05, 0.1) is 13.2 Å². The number of nitrogens with zero attached hydrogens (tertiary/aromatic N) is 3. The molecule has 1 fully saturated rings. The van der Waals surface area contributed by atoms with Gasteiger partial charge < -0.3 is 14.0 Å². The minimum atomic E-state index is -4.48. The van der Waals surface area contributed by atoms with Crippen LogP contribution >= 0.6 is 0 Å². The zero-order valence-electron chi connectivity index (χ0n) is 11.8. The highest BCUT2D eigenvalue weighted by Crippen LogP contribution is 2.26.